The summed E-state index contributed by atoms with van der Waals surface area (Å²) in [5.41, 5.74) is 0. The van der Waals surface area contributed by atoms with E-state index in [4.69, 9.17) is 4.74 Å². The van der Waals surface area contributed by atoms with Gasteiger partial charge in [-0.1, -0.05) is 0 Å². The SMILES string of the molecule is CCCC[Se]CC(=O)OCC. The summed E-state index contributed by atoms with van der Waals surface area (Å²) in [6.45, 7) is 4.53. The quantitative estimate of drug-likeness (QED) is 0.390. The number of esters is 1. The molecule has 66 valence electrons. The summed E-state index contributed by atoms with van der Waals surface area (Å²) in [6, 6.07) is 0. The van der Waals surface area contributed by atoms with Gasteiger partial charge in [0.1, 0.15) is 0 Å². The number of carbonyl (C=O) groups excluding carboxylic acids is 1. The fourth-order valence-corrected chi connectivity index (χ4v) is 2.47. The van der Waals surface area contributed by atoms with E-state index >= 15 is 0 Å². The van der Waals surface area contributed by atoms with E-state index in [1.807, 2.05) is 6.92 Å². The molecule has 0 aromatic heterocycles. The van der Waals surface area contributed by atoms with E-state index < -0.39 is 0 Å². The summed E-state index contributed by atoms with van der Waals surface area (Å²) in [7, 11) is 0. The van der Waals surface area contributed by atoms with Crippen molar-refractivity contribution in [3.63, 3.8) is 0 Å². The zero-order valence-corrected chi connectivity index (χ0v) is 8.97. The van der Waals surface area contributed by atoms with E-state index in [9.17, 15) is 4.79 Å². The third-order valence-corrected chi connectivity index (χ3v) is 3.30. The molecule has 0 bridgehead atoms. The molecule has 0 aliphatic rings. The van der Waals surface area contributed by atoms with E-state index in [1.165, 1.54) is 18.2 Å². The summed E-state index contributed by atoms with van der Waals surface area (Å²) in [5.74, 6) is -0.0244. The van der Waals surface area contributed by atoms with Gasteiger partial charge in [0.25, 0.3) is 0 Å². The summed E-state index contributed by atoms with van der Waals surface area (Å²) in [5, 5.41) is 1.86. The van der Waals surface area contributed by atoms with Crippen molar-refractivity contribution < 1.29 is 9.53 Å². The molecule has 0 rings (SSSR count). The molecule has 0 heterocycles. The Hall–Kier alpha value is -0.0105. The Labute approximate surface area is 74.8 Å². The third kappa shape index (κ3) is 7.89. The number of rotatable bonds is 6. The van der Waals surface area contributed by atoms with Gasteiger partial charge in [0.2, 0.25) is 0 Å². The van der Waals surface area contributed by atoms with Gasteiger partial charge in [-0.05, 0) is 0 Å². The average molecular weight is 223 g/mol. The van der Waals surface area contributed by atoms with Crippen LogP contribution in [0.3, 0.4) is 0 Å². The Morgan fingerprint density at radius 1 is 1.45 bits per heavy atom. The molecule has 0 amide bonds. The molecule has 3 heteroatoms. The van der Waals surface area contributed by atoms with Crippen LogP contribution in [0.2, 0.25) is 10.6 Å². The van der Waals surface area contributed by atoms with Crippen molar-refractivity contribution in [2.45, 2.75) is 37.3 Å². The molecule has 0 N–H and O–H groups in total. The van der Waals surface area contributed by atoms with Crippen molar-refractivity contribution in [3.8, 4) is 0 Å². The van der Waals surface area contributed by atoms with E-state index in [0.29, 0.717) is 26.9 Å². The van der Waals surface area contributed by atoms with E-state index in [-0.39, 0.29) is 5.97 Å². The zero-order valence-electron chi connectivity index (χ0n) is 7.26. The molecule has 0 saturated heterocycles. The van der Waals surface area contributed by atoms with Crippen molar-refractivity contribution in [1.82, 2.24) is 0 Å². The van der Waals surface area contributed by atoms with Crippen LogP contribution >= 0.6 is 0 Å². The Morgan fingerprint density at radius 3 is 2.73 bits per heavy atom. The third-order valence-electron chi connectivity index (χ3n) is 1.17. The predicted octanol–water partition coefficient (Wildman–Crippen LogP) is 1.89. The van der Waals surface area contributed by atoms with Crippen molar-refractivity contribution in [2.75, 3.05) is 6.61 Å². The van der Waals surface area contributed by atoms with Crippen molar-refractivity contribution in [3.05, 3.63) is 0 Å². The molecule has 0 aliphatic carbocycles. The number of ether oxygens (including phenoxy) is 1. The molecule has 0 aromatic carbocycles. The van der Waals surface area contributed by atoms with Crippen LogP contribution < -0.4 is 0 Å². The van der Waals surface area contributed by atoms with E-state index in [1.54, 1.807) is 0 Å². The molecule has 0 unspecified atom stereocenters. The fraction of sp³-hybridized carbons (Fsp3) is 0.875. The van der Waals surface area contributed by atoms with Gasteiger partial charge < -0.3 is 0 Å². The summed E-state index contributed by atoms with van der Waals surface area (Å²) >= 11 is 0.474. The second kappa shape index (κ2) is 8.09. The van der Waals surface area contributed by atoms with Crippen molar-refractivity contribution >= 4 is 20.9 Å². The van der Waals surface area contributed by atoms with Crippen LogP contribution in [0.5, 0.6) is 0 Å². The maximum atomic E-state index is 10.8. The molecule has 0 aliphatic heterocycles. The molecule has 0 atom stereocenters. The Kier molecular flexibility index (Phi) is 8.08. The van der Waals surface area contributed by atoms with Crippen LogP contribution in [-0.2, 0) is 9.53 Å². The molecule has 0 fully saturated rings. The second-order valence-corrected chi connectivity index (χ2v) is 4.53. The Balaban J connectivity index is 3.04. The van der Waals surface area contributed by atoms with Gasteiger partial charge in [-0.25, -0.2) is 0 Å². The van der Waals surface area contributed by atoms with Crippen LogP contribution in [0.4, 0.5) is 0 Å². The number of hydrogen-bond acceptors (Lipinski definition) is 2. The molecule has 0 saturated carbocycles. The van der Waals surface area contributed by atoms with Crippen LogP contribution in [-0.4, -0.2) is 27.5 Å². The zero-order chi connectivity index (χ0) is 8.53. The van der Waals surface area contributed by atoms with Gasteiger partial charge >= 0.3 is 74.4 Å². The molecule has 0 spiro atoms. The van der Waals surface area contributed by atoms with Crippen LogP contribution in [0.1, 0.15) is 26.7 Å². The maximum absolute atomic E-state index is 10.8. The summed E-state index contributed by atoms with van der Waals surface area (Å²) in [6.07, 6.45) is 2.48. The molecule has 2 nitrogen and oxygen atoms in total. The first-order valence-electron chi connectivity index (χ1n) is 4.04. The van der Waals surface area contributed by atoms with Crippen molar-refractivity contribution in [2.24, 2.45) is 0 Å². The summed E-state index contributed by atoms with van der Waals surface area (Å²) in [4.78, 5) is 10.8. The Bertz CT molecular complexity index is 104. The van der Waals surface area contributed by atoms with Crippen LogP contribution in [0.25, 0.3) is 0 Å². The van der Waals surface area contributed by atoms with Gasteiger partial charge in [0.05, 0.1) is 0 Å². The fourth-order valence-electron chi connectivity index (χ4n) is 0.605. The van der Waals surface area contributed by atoms with Gasteiger partial charge in [0.15, 0.2) is 0 Å². The van der Waals surface area contributed by atoms with E-state index in [0.717, 1.165) is 0 Å². The topological polar surface area (TPSA) is 26.3 Å². The van der Waals surface area contributed by atoms with Crippen LogP contribution in [0.15, 0.2) is 0 Å². The first-order valence-corrected chi connectivity index (χ1v) is 6.46. The van der Waals surface area contributed by atoms with Gasteiger partial charge in [-0.15, -0.1) is 0 Å². The monoisotopic (exact) mass is 224 g/mol. The van der Waals surface area contributed by atoms with Gasteiger partial charge in [-0.2, -0.15) is 0 Å². The summed E-state index contributed by atoms with van der Waals surface area (Å²) < 4.78 is 4.80. The van der Waals surface area contributed by atoms with E-state index in [2.05, 4.69) is 6.92 Å². The predicted molar refractivity (Wildman–Crippen MR) is 46.9 cm³/mol. The standard InChI is InChI=1S/C8H16O2Se/c1-3-5-6-11-7-8(9)10-4-2/h3-7H2,1-2H3. The second-order valence-electron chi connectivity index (χ2n) is 2.21. The first-order chi connectivity index (χ1) is 5.31. The molecule has 0 radical (unpaired) electrons. The molecular weight excluding hydrogens is 207 g/mol. The van der Waals surface area contributed by atoms with Crippen LogP contribution in [0, 0.1) is 0 Å². The normalized spacial score (nSPS) is 9.64. The molecular formula is C8H16O2Se. The van der Waals surface area contributed by atoms with Gasteiger partial charge in [0, 0.05) is 0 Å². The van der Waals surface area contributed by atoms with Gasteiger partial charge in [-0.3, -0.25) is 0 Å². The molecule has 0 aromatic rings. The first kappa shape index (κ1) is 11.0. The average Bonchev–Trinajstić information content (AvgIpc) is 1.99. The van der Waals surface area contributed by atoms with Crippen molar-refractivity contribution in [1.29, 1.82) is 0 Å². The number of unbranched alkanes of at least 4 members (excludes halogenated alkanes) is 1. The minimum atomic E-state index is -0.0244. The number of carbonyl (C=O) groups is 1. The number of hydrogen-bond donors (Lipinski definition) is 0. The minimum absolute atomic E-state index is 0.0244. The molecule has 11 heavy (non-hydrogen) atoms. The Morgan fingerprint density at radius 2 is 2.18 bits per heavy atom.